The SMILES string of the molecule is C=CCOc1ccc(C2C(C(=O)/C=C/c3ccccc3)=C(O)C(=O)N2Cc2ccccc2)cc1OCC. The molecule has 6 heteroatoms. The van der Waals surface area contributed by atoms with E-state index in [0.29, 0.717) is 30.3 Å². The van der Waals surface area contributed by atoms with Gasteiger partial charge in [-0.3, -0.25) is 9.59 Å². The van der Waals surface area contributed by atoms with Crippen LogP contribution < -0.4 is 9.47 Å². The number of ether oxygens (including phenoxy) is 2. The minimum atomic E-state index is -0.812. The molecule has 1 atom stereocenters. The number of carbonyl (C=O) groups excluding carboxylic acids is 2. The molecule has 0 fully saturated rings. The van der Waals surface area contributed by atoms with Crippen LogP contribution in [0, 0.1) is 0 Å². The molecule has 6 nitrogen and oxygen atoms in total. The molecule has 0 bridgehead atoms. The lowest BCUT2D eigenvalue weighted by atomic mass is 9.95. The van der Waals surface area contributed by atoms with Crippen molar-refractivity contribution >= 4 is 17.8 Å². The largest absolute Gasteiger partial charge is 0.503 e. The van der Waals surface area contributed by atoms with E-state index in [1.165, 1.54) is 11.0 Å². The normalized spacial score (nSPS) is 15.3. The number of benzene rings is 3. The van der Waals surface area contributed by atoms with Crippen LogP contribution in [0.1, 0.15) is 29.7 Å². The van der Waals surface area contributed by atoms with Crippen LogP contribution in [0.2, 0.25) is 0 Å². The number of hydrogen-bond acceptors (Lipinski definition) is 5. The Labute approximate surface area is 216 Å². The van der Waals surface area contributed by atoms with Crippen LogP contribution in [0.3, 0.4) is 0 Å². The summed E-state index contributed by atoms with van der Waals surface area (Å²) < 4.78 is 11.5. The fourth-order valence-corrected chi connectivity index (χ4v) is 4.25. The van der Waals surface area contributed by atoms with Crippen LogP contribution in [-0.2, 0) is 16.1 Å². The Balaban J connectivity index is 1.76. The summed E-state index contributed by atoms with van der Waals surface area (Å²) in [6, 6.07) is 23.3. The summed E-state index contributed by atoms with van der Waals surface area (Å²) in [5, 5.41) is 10.9. The molecule has 4 rings (SSSR count). The molecule has 3 aromatic carbocycles. The fraction of sp³-hybridized carbons (Fsp3) is 0.161. The van der Waals surface area contributed by atoms with Crippen LogP contribution in [0.4, 0.5) is 0 Å². The quantitative estimate of drug-likeness (QED) is 0.268. The van der Waals surface area contributed by atoms with E-state index in [9.17, 15) is 14.7 Å². The molecule has 1 unspecified atom stereocenters. The third-order valence-corrected chi connectivity index (χ3v) is 5.93. The van der Waals surface area contributed by atoms with Gasteiger partial charge in [-0.25, -0.2) is 0 Å². The minimum Gasteiger partial charge on any atom is -0.503 e. The molecule has 1 amide bonds. The first-order chi connectivity index (χ1) is 18.0. The lowest BCUT2D eigenvalue weighted by Gasteiger charge is -2.27. The van der Waals surface area contributed by atoms with Crippen molar-refractivity contribution in [1.82, 2.24) is 4.90 Å². The average molecular weight is 496 g/mol. The highest BCUT2D eigenvalue weighted by atomic mass is 16.5. The molecular weight excluding hydrogens is 466 g/mol. The molecule has 0 saturated carbocycles. The third kappa shape index (κ3) is 5.81. The second-order valence-corrected chi connectivity index (χ2v) is 8.43. The molecule has 0 saturated heterocycles. The fourth-order valence-electron chi connectivity index (χ4n) is 4.25. The van der Waals surface area contributed by atoms with Crippen molar-refractivity contribution in [3.8, 4) is 11.5 Å². The molecular formula is C31H29NO5. The van der Waals surface area contributed by atoms with E-state index < -0.39 is 23.5 Å². The van der Waals surface area contributed by atoms with Gasteiger partial charge in [-0.2, -0.15) is 0 Å². The summed E-state index contributed by atoms with van der Waals surface area (Å²) in [5.74, 6) is -0.592. The van der Waals surface area contributed by atoms with E-state index in [1.54, 1.807) is 30.4 Å². The lowest BCUT2D eigenvalue weighted by molar-refractivity contribution is -0.130. The second-order valence-electron chi connectivity index (χ2n) is 8.43. The van der Waals surface area contributed by atoms with Gasteiger partial charge in [0.25, 0.3) is 5.91 Å². The Bertz CT molecular complexity index is 1330. The first kappa shape index (κ1) is 25.5. The predicted molar refractivity (Wildman–Crippen MR) is 143 cm³/mol. The van der Waals surface area contributed by atoms with Gasteiger partial charge in [-0.15, -0.1) is 0 Å². The summed E-state index contributed by atoms with van der Waals surface area (Å²) >= 11 is 0. The highest BCUT2D eigenvalue weighted by Crippen LogP contribution is 2.42. The number of allylic oxidation sites excluding steroid dienone is 1. The topological polar surface area (TPSA) is 76.1 Å². The van der Waals surface area contributed by atoms with Gasteiger partial charge in [0, 0.05) is 6.54 Å². The highest BCUT2D eigenvalue weighted by molar-refractivity contribution is 6.14. The van der Waals surface area contributed by atoms with Crippen LogP contribution in [0.25, 0.3) is 6.08 Å². The second kappa shape index (κ2) is 11.9. The zero-order valence-corrected chi connectivity index (χ0v) is 20.7. The summed E-state index contributed by atoms with van der Waals surface area (Å²) in [6.45, 7) is 6.46. The Morgan fingerprint density at radius 2 is 1.70 bits per heavy atom. The third-order valence-electron chi connectivity index (χ3n) is 5.93. The lowest BCUT2D eigenvalue weighted by Crippen LogP contribution is -2.30. The molecule has 0 aliphatic carbocycles. The number of nitrogens with zero attached hydrogens (tertiary/aromatic N) is 1. The summed E-state index contributed by atoms with van der Waals surface area (Å²) in [7, 11) is 0. The van der Waals surface area contributed by atoms with Gasteiger partial charge >= 0.3 is 0 Å². The monoisotopic (exact) mass is 495 g/mol. The molecule has 0 radical (unpaired) electrons. The standard InChI is InChI=1S/C31H29NO5/c1-3-19-37-26-18-16-24(20-27(26)36-4-2)29-28(25(33)17-15-22-11-7-5-8-12-22)30(34)31(35)32(29)21-23-13-9-6-10-14-23/h3,5-18,20,29,34H,1,4,19,21H2,2H3/b17-15+. The van der Waals surface area contributed by atoms with E-state index >= 15 is 0 Å². The van der Waals surface area contributed by atoms with Gasteiger partial charge in [0.05, 0.1) is 18.2 Å². The van der Waals surface area contributed by atoms with E-state index in [2.05, 4.69) is 6.58 Å². The van der Waals surface area contributed by atoms with E-state index in [4.69, 9.17) is 9.47 Å². The van der Waals surface area contributed by atoms with Gasteiger partial charge in [-0.1, -0.05) is 85.5 Å². The van der Waals surface area contributed by atoms with Gasteiger partial charge in [-0.05, 0) is 41.8 Å². The first-order valence-electron chi connectivity index (χ1n) is 12.1. The van der Waals surface area contributed by atoms with Crippen molar-refractivity contribution < 1.29 is 24.2 Å². The number of aliphatic hydroxyl groups excluding tert-OH is 1. The van der Waals surface area contributed by atoms with E-state index in [0.717, 1.165) is 11.1 Å². The number of hydrogen-bond donors (Lipinski definition) is 1. The Hall–Kier alpha value is -4.58. The molecule has 0 aromatic heterocycles. The van der Waals surface area contributed by atoms with Crippen molar-refractivity contribution in [1.29, 1.82) is 0 Å². The number of rotatable bonds is 11. The van der Waals surface area contributed by atoms with Crippen LogP contribution in [-0.4, -0.2) is 34.9 Å². The van der Waals surface area contributed by atoms with Gasteiger partial charge in [0.15, 0.2) is 23.0 Å². The van der Waals surface area contributed by atoms with Crippen molar-refractivity contribution in [2.45, 2.75) is 19.5 Å². The van der Waals surface area contributed by atoms with Gasteiger partial charge in [0.2, 0.25) is 0 Å². The number of carbonyl (C=O) groups is 2. The highest BCUT2D eigenvalue weighted by Gasteiger charge is 2.43. The Morgan fingerprint density at radius 3 is 2.38 bits per heavy atom. The molecule has 1 N–H and O–H groups in total. The summed E-state index contributed by atoms with van der Waals surface area (Å²) in [6.07, 6.45) is 4.69. The molecule has 188 valence electrons. The van der Waals surface area contributed by atoms with Crippen molar-refractivity contribution in [2.75, 3.05) is 13.2 Å². The van der Waals surface area contributed by atoms with Crippen molar-refractivity contribution in [3.05, 3.63) is 126 Å². The Kier molecular flexibility index (Phi) is 8.21. The van der Waals surface area contributed by atoms with Gasteiger partial charge in [0.1, 0.15) is 6.61 Å². The number of aliphatic hydroxyl groups is 1. The molecule has 1 aliphatic heterocycles. The summed E-state index contributed by atoms with van der Waals surface area (Å²) in [5.41, 5.74) is 2.35. The van der Waals surface area contributed by atoms with Crippen molar-refractivity contribution in [2.24, 2.45) is 0 Å². The van der Waals surface area contributed by atoms with E-state index in [-0.39, 0.29) is 12.1 Å². The maximum absolute atomic E-state index is 13.4. The first-order valence-corrected chi connectivity index (χ1v) is 12.1. The molecule has 1 aliphatic rings. The maximum Gasteiger partial charge on any atom is 0.290 e. The Morgan fingerprint density at radius 1 is 1.00 bits per heavy atom. The predicted octanol–water partition coefficient (Wildman–Crippen LogP) is 5.83. The number of ketones is 1. The molecule has 3 aromatic rings. The zero-order valence-electron chi connectivity index (χ0n) is 20.7. The van der Waals surface area contributed by atoms with Crippen LogP contribution in [0.15, 0.2) is 109 Å². The minimum absolute atomic E-state index is 0.0234. The molecule has 0 spiro atoms. The summed E-state index contributed by atoms with van der Waals surface area (Å²) in [4.78, 5) is 28.2. The zero-order chi connectivity index (χ0) is 26.2. The van der Waals surface area contributed by atoms with Crippen LogP contribution in [0.5, 0.6) is 11.5 Å². The van der Waals surface area contributed by atoms with Crippen LogP contribution >= 0.6 is 0 Å². The maximum atomic E-state index is 13.4. The van der Waals surface area contributed by atoms with Gasteiger partial charge < -0.3 is 19.5 Å². The average Bonchev–Trinajstić information content (AvgIpc) is 3.17. The van der Waals surface area contributed by atoms with E-state index in [1.807, 2.05) is 67.6 Å². The molecule has 1 heterocycles. The van der Waals surface area contributed by atoms with Crippen molar-refractivity contribution in [3.63, 3.8) is 0 Å². The smallest absolute Gasteiger partial charge is 0.290 e. The number of amides is 1. The molecule has 37 heavy (non-hydrogen) atoms.